The zero-order chi connectivity index (χ0) is 21.1. The van der Waals surface area contributed by atoms with Crippen molar-refractivity contribution in [1.29, 1.82) is 0 Å². The normalized spacial score (nSPS) is 17.5. The van der Waals surface area contributed by atoms with Crippen molar-refractivity contribution in [2.45, 2.75) is 32.5 Å². The molecule has 1 aliphatic rings. The Morgan fingerprint density at radius 2 is 1.50 bits per heavy atom. The van der Waals surface area contributed by atoms with Crippen LogP contribution in [0.1, 0.15) is 23.6 Å². The van der Waals surface area contributed by atoms with Gasteiger partial charge < -0.3 is 15.0 Å². The molecule has 1 aliphatic heterocycles. The molecule has 0 radical (unpaired) electrons. The third-order valence-corrected chi connectivity index (χ3v) is 5.26. The van der Waals surface area contributed by atoms with Gasteiger partial charge in [-0.25, -0.2) is 0 Å². The number of rotatable bonds is 5. The van der Waals surface area contributed by atoms with Crippen molar-refractivity contribution < 1.29 is 14.3 Å². The summed E-state index contributed by atoms with van der Waals surface area (Å²) >= 11 is 0. The fraction of sp³-hybridized carbons (Fsp3) is 0.200. The predicted octanol–water partition coefficient (Wildman–Crippen LogP) is 4.31. The summed E-state index contributed by atoms with van der Waals surface area (Å²) in [6, 6.07) is 25.0. The van der Waals surface area contributed by atoms with Gasteiger partial charge in [-0.1, -0.05) is 66.7 Å². The van der Waals surface area contributed by atoms with Crippen LogP contribution in [-0.4, -0.2) is 22.3 Å². The van der Waals surface area contributed by atoms with Crippen LogP contribution in [0.15, 0.2) is 78.9 Å². The van der Waals surface area contributed by atoms with E-state index in [9.17, 15) is 9.59 Å². The number of nitrogens with zero attached hydrogens (tertiary/aromatic N) is 1. The first kappa shape index (κ1) is 19.7. The van der Waals surface area contributed by atoms with E-state index in [4.69, 9.17) is 4.74 Å². The van der Waals surface area contributed by atoms with Crippen LogP contribution < -0.4 is 10.1 Å². The van der Waals surface area contributed by atoms with Crippen molar-refractivity contribution in [1.82, 2.24) is 4.90 Å². The van der Waals surface area contributed by atoms with Gasteiger partial charge in [-0.3, -0.25) is 9.59 Å². The van der Waals surface area contributed by atoms with Crippen LogP contribution in [0.4, 0.5) is 5.69 Å². The number of fused-ring (bicyclic) bond motifs is 1. The van der Waals surface area contributed by atoms with E-state index in [2.05, 4.69) is 5.32 Å². The lowest BCUT2D eigenvalue weighted by atomic mass is 9.99. The molecule has 0 spiro atoms. The number of nitrogens with one attached hydrogen (secondary N) is 1. The smallest absolute Gasteiger partial charge is 0.278 e. The number of amides is 2. The molecule has 0 fully saturated rings. The Morgan fingerprint density at radius 1 is 0.933 bits per heavy atom. The Morgan fingerprint density at radius 3 is 2.07 bits per heavy atom. The average molecular weight is 400 g/mol. The second-order valence-electron chi connectivity index (χ2n) is 7.72. The van der Waals surface area contributed by atoms with E-state index < -0.39 is 11.5 Å². The molecule has 30 heavy (non-hydrogen) atoms. The highest BCUT2D eigenvalue weighted by Gasteiger charge is 2.49. The molecule has 1 heterocycles. The second kappa shape index (κ2) is 8.03. The molecule has 1 N–H and O–H groups in total. The van der Waals surface area contributed by atoms with E-state index in [1.54, 1.807) is 11.0 Å². The molecule has 5 nitrogen and oxygen atoms in total. The summed E-state index contributed by atoms with van der Waals surface area (Å²) in [7, 11) is 0. The molecule has 2 amide bonds. The quantitative estimate of drug-likeness (QED) is 0.649. The van der Waals surface area contributed by atoms with E-state index in [-0.39, 0.29) is 5.91 Å². The summed E-state index contributed by atoms with van der Waals surface area (Å²) in [5.41, 5.74) is 1.91. The van der Waals surface area contributed by atoms with Gasteiger partial charge in [-0.2, -0.15) is 0 Å². The first-order valence-electron chi connectivity index (χ1n) is 9.94. The van der Waals surface area contributed by atoms with Gasteiger partial charge in [0.1, 0.15) is 5.75 Å². The number of benzene rings is 3. The molecule has 3 aromatic carbocycles. The number of carbonyl (C=O) groups is 2. The zero-order valence-electron chi connectivity index (χ0n) is 17.1. The van der Waals surface area contributed by atoms with Crippen molar-refractivity contribution >= 4 is 17.5 Å². The summed E-state index contributed by atoms with van der Waals surface area (Å²) in [6.45, 7) is 4.23. The zero-order valence-corrected chi connectivity index (χ0v) is 17.1. The number of hydrogen-bond donors (Lipinski definition) is 1. The molecule has 4 rings (SSSR count). The Labute approximate surface area is 176 Å². The van der Waals surface area contributed by atoms with E-state index in [0.717, 1.165) is 16.7 Å². The highest BCUT2D eigenvalue weighted by atomic mass is 16.5. The fourth-order valence-corrected chi connectivity index (χ4v) is 3.59. The van der Waals surface area contributed by atoms with Crippen LogP contribution in [-0.2, 0) is 22.7 Å². The number of carbonyl (C=O) groups excluding carboxylic acids is 2. The molecule has 0 aliphatic carbocycles. The molecule has 5 heteroatoms. The number of anilines is 1. The van der Waals surface area contributed by atoms with Crippen molar-refractivity contribution in [3.8, 4) is 5.75 Å². The predicted molar refractivity (Wildman–Crippen MR) is 116 cm³/mol. The lowest BCUT2D eigenvalue weighted by molar-refractivity contribution is -0.155. The van der Waals surface area contributed by atoms with Crippen molar-refractivity contribution in [3.63, 3.8) is 0 Å². The minimum Gasteiger partial charge on any atom is -0.466 e. The molecule has 152 valence electrons. The van der Waals surface area contributed by atoms with Crippen LogP contribution in [0.25, 0.3) is 0 Å². The number of hydrogen-bond acceptors (Lipinski definition) is 3. The first-order valence-corrected chi connectivity index (χ1v) is 9.94. The van der Waals surface area contributed by atoms with Crippen molar-refractivity contribution in [2.24, 2.45) is 0 Å². The maximum absolute atomic E-state index is 13.7. The van der Waals surface area contributed by atoms with Crippen molar-refractivity contribution in [3.05, 3.63) is 95.6 Å². The summed E-state index contributed by atoms with van der Waals surface area (Å²) in [6.07, 6.45) is 0. The third-order valence-electron chi connectivity index (χ3n) is 5.26. The van der Waals surface area contributed by atoms with Crippen LogP contribution in [0.5, 0.6) is 5.75 Å². The highest BCUT2D eigenvalue weighted by molar-refractivity contribution is 6.15. The number of aryl methyl sites for hydroxylation is 1. The average Bonchev–Trinajstić information content (AvgIpc) is 2.75. The van der Waals surface area contributed by atoms with E-state index in [0.29, 0.717) is 24.5 Å². The highest BCUT2D eigenvalue weighted by Crippen LogP contribution is 2.35. The van der Waals surface area contributed by atoms with Crippen LogP contribution in [0, 0.1) is 6.92 Å². The fourth-order valence-electron chi connectivity index (χ4n) is 3.59. The van der Waals surface area contributed by atoms with Gasteiger partial charge in [-0.05, 0) is 42.7 Å². The molecule has 0 aromatic heterocycles. The summed E-state index contributed by atoms with van der Waals surface area (Å²) in [5, 5.41) is 2.84. The topological polar surface area (TPSA) is 58.6 Å². The summed E-state index contributed by atoms with van der Waals surface area (Å²) in [4.78, 5) is 28.3. The van der Waals surface area contributed by atoms with Gasteiger partial charge in [0.05, 0.1) is 5.69 Å². The van der Waals surface area contributed by atoms with Crippen LogP contribution in [0.3, 0.4) is 0 Å². The standard InChI is InChI=1S/C25H24N2O3/c1-18-13-14-22-21(15-18)26-23(28)25(2,30-22)24(29)27(16-19-9-5-3-6-10-19)17-20-11-7-4-8-12-20/h3-15H,16-17H2,1-2H3,(H,26,28). The van der Waals surface area contributed by atoms with Crippen LogP contribution in [0.2, 0.25) is 0 Å². The largest absolute Gasteiger partial charge is 0.466 e. The maximum atomic E-state index is 13.7. The molecule has 0 saturated heterocycles. The maximum Gasteiger partial charge on any atom is 0.278 e. The molecular formula is C25H24N2O3. The minimum absolute atomic E-state index is 0.376. The van der Waals surface area contributed by atoms with Gasteiger partial charge in [0.2, 0.25) is 0 Å². The first-order chi connectivity index (χ1) is 14.5. The van der Waals surface area contributed by atoms with E-state index in [1.165, 1.54) is 6.92 Å². The van der Waals surface area contributed by atoms with Gasteiger partial charge in [-0.15, -0.1) is 0 Å². The van der Waals surface area contributed by atoms with Gasteiger partial charge in [0.25, 0.3) is 17.4 Å². The molecule has 1 unspecified atom stereocenters. The lowest BCUT2D eigenvalue weighted by Crippen LogP contribution is -2.59. The monoisotopic (exact) mass is 400 g/mol. The molecule has 3 aromatic rings. The van der Waals surface area contributed by atoms with Gasteiger partial charge >= 0.3 is 0 Å². The van der Waals surface area contributed by atoms with Gasteiger partial charge in [0, 0.05) is 13.1 Å². The van der Waals surface area contributed by atoms with Gasteiger partial charge in [0.15, 0.2) is 0 Å². The Kier molecular flexibility index (Phi) is 5.27. The third kappa shape index (κ3) is 3.92. The van der Waals surface area contributed by atoms with Crippen molar-refractivity contribution in [2.75, 3.05) is 5.32 Å². The van der Waals surface area contributed by atoms with E-state index >= 15 is 0 Å². The van der Waals surface area contributed by atoms with E-state index in [1.807, 2.05) is 79.7 Å². The Balaban J connectivity index is 1.66. The molecule has 0 bridgehead atoms. The Bertz CT molecular complexity index is 1020. The molecule has 1 atom stereocenters. The SMILES string of the molecule is Cc1ccc2c(c1)NC(=O)C(C)(C(=O)N(Cc1ccccc1)Cc1ccccc1)O2. The molecular weight excluding hydrogens is 376 g/mol. The molecule has 0 saturated carbocycles. The minimum atomic E-state index is -1.65. The second-order valence-corrected chi connectivity index (χ2v) is 7.72. The Hall–Kier alpha value is -3.60. The number of ether oxygens (including phenoxy) is 1. The lowest BCUT2D eigenvalue weighted by Gasteiger charge is -2.37. The summed E-state index contributed by atoms with van der Waals surface area (Å²) < 4.78 is 6.00. The van der Waals surface area contributed by atoms with Crippen LogP contribution >= 0.6 is 0 Å². The summed E-state index contributed by atoms with van der Waals surface area (Å²) in [5.74, 6) is -0.342.